The van der Waals surface area contributed by atoms with Crippen LogP contribution in [0.1, 0.15) is 0 Å². The van der Waals surface area contributed by atoms with Crippen LogP contribution in [-0.4, -0.2) is 22.2 Å². The monoisotopic (exact) mass is 226 g/mol. The Balaban J connectivity index is -0.0000000215. The van der Waals surface area contributed by atoms with Gasteiger partial charge < -0.3 is 29.5 Å². The fourth-order valence-electron chi connectivity index (χ4n) is 0. The molecule has 0 fully saturated rings. The van der Waals surface area contributed by atoms with E-state index < -0.39 is 19.8 Å². The molecule has 2 N–H and O–H groups in total. The van der Waals surface area contributed by atoms with E-state index in [1.807, 2.05) is 0 Å². The van der Waals surface area contributed by atoms with E-state index in [9.17, 15) is 0 Å². The molecule has 0 aliphatic carbocycles. The zero-order valence-corrected chi connectivity index (χ0v) is 9.09. The number of carboxylic acids is 2. The number of halogens is 1. The fourth-order valence-corrected chi connectivity index (χ4v) is 0. The fraction of sp³-hybridized carbons (Fsp3) is 0. The van der Waals surface area contributed by atoms with Crippen molar-refractivity contribution in [2.75, 3.05) is 0 Å². The van der Waals surface area contributed by atoms with Crippen molar-refractivity contribution >= 4 is 19.8 Å². The second kappa shape index (κ2) is 17.2. The van der Waals surface area contributed by atoms with Crippen LogP contribution >= 0.6 is 7.82 Å². The largest absolute Gasteiger partial charge is 1.00 e. The van der Waals surface area contributed by atoms with Crippen molar-refractivity contribution < 1.29 is 100 Å². The van der Waals surface area contributed by atoms with E-state index in [0.717, 1.165) is 0 Å². The maximum Gasteiger partial charge on any atom is 1.00 e. The van der Waals surface area contributed by atoms with Gasteiger partial charge in [-0.1, -0.05) is 0 Å². The molecule has 0 bridgehead atoms. The van der Waals surface area contributed by atoms with Gasteiger partial charge in [-0.05, 0) is 0 Å². The summed E-state index contributed by atoms with van der Waals surface area (Å²) in [6.07, 6.45) is 0. The maximum atomic E-state index is 9.10. The quantitative estimate of drug-likeness (QED) is 0.233. The first kappa shape index (κ1) is 36.0. The number of aliphatic carboxylic acids is 2. The molecular formula is C2H3FLi3O8P. The average molecular weight is 226 g/mol. The van der Waals surface area contributed by atoms with Gasteiger partial charge in [0.15, 0.2) is 0 Å². The molecule has 0 aromatic heterocycles. The zero-order chi connectivity index (χ0) is 9.65. The van der Waals surface area contributed by atoms with E-state index in [1.54, 1.807) is 0 Å². The van der Waals surface area contributed by atoms with Gasteiger partial charge in [0, 0.05) is 0 Å². The summed E-state index contributed by atoms with van der Waals surface area (Å²) in [6.45, 7) is 0. The molecule has 13 heteroatoms. The molecule has 0 aliphatic heterocycles. The van der Waals surface area contributed by atoms with Crippen molar-refractivity contribution in [2.45, 2.75) is 0 Å². The van der Waals surface area contributed by atoms with Crippen LogP contribution in [0.3, 0.4) is 0 Å². The molecule has 0 aliphatic rings. The molecule has 0 aromatic rings. The molecule has 8 nitrogen and oxygen atoms in total. The molecule has 0 radical (unpaired) electrons. The minimum atomic E-state index is -5.39. The third-order valence-electron chi connectivity index (χ3n) is 0.183. The molecule has 0 heterocycles. The van der Waals surface area contributed by atoms with Crippen LogP contribution in [0.4, 0.5) is 4.70 Å². The van der Waals surface area contributed by atoms with E-state index in [-0.39, 0.29) is 61.3 Å². The number of carbonyl (C=O) groups is 2. The van der Waals surface area contributed by atoms with Gasteiger partial charge in [0.2, 0.25) is 0 Å². The Hall–Kier alpha value is 0.772. The maximum absolute atomic E-state index is 9.10. The molecule has 0 aromatic carbocycles. The van der Waals surface area contributed by atoms with Crippen LogP contribution < -0.4 is 71.3 Å². The SMILES string of the molecule is F.O=C(O)C(=O)O.O=P([O-])([O-])[O-].[Li+].[Li+].[Li+]. The topological polar surface area (TPSA) is 161 Å². The van der Waals surface area contributed by atoms with Crippen molar-refractivity contribution in [1.82, 2.24) is 0 Å². The molecule has 0 rings (SSSR count). The number of carboxylic acid groups (broad SMARTS) is 2. The minimum absolute atomic E-state index is 0. The van der Waals surface area contributed by atoms with E-state index in [1.165, 1.54) is 0 Å². The molecule has 0 saturated heterocycles. The normalized spacial score (nSPS) is 6.87. The standard InChI is InChI=1S/C2H2O4.FH.3Li.H3O4P/c3-1(4)2(5)6;;;;;1-5(2,3)4/h(H,3,4)(H,5,6);1H;;;;(H3,1,2,3,4)/q;;3*+1;/p-3. The van der Waals surface area contributed by atoms with Gasteiger partial charge >= 0.3 is 68.5 Å². The first-order chi connectivity index (χ1) is 4.64. The Bertz CT molecular complexity index is 184. The van der Waals surface area contributed by atoms with Crippen LogP contribution in [-0.2, 0) is 14.2 Å². The summed E-state index contributed by atoms with van der Waals surface area (Å²) < 4.78 is 8.55. The van der Waals surface area contributed by atoms with Crippen LogP contribution in [0.25, 0.3) is 0 Å². The van der Waals surface area contributed by atoms with Gasteiger partial charge in [-0.3, -0.25) is 4.70 Å². The first-order valence-corrected chi connectivity index (χ1v) is 3.30. The molecule has 0 saturated carbocycles. The summed E-state index contributed by atoms with van der Waals surface area (Å²) >= 11 is 0. The van der Waals surface area contributed by atoms with Gasteiger partial charge in [0.1, 0.15) is 0 Å². The summed E-state index contributed by atoms with van der Waals surface area (Å²) in [5.41, 5.74) is 0. The minimum Gasteiger partial charge on any atom is -0.822 e. The van der Waals surface area contributed by atoms with Crippen molar-refractivity contribution in [2.24, 2.45) is 0 Å². The third-order valence-corrected chi connectivity index (χ3v) is 0.183. The first-order valence-electron chi connectivity index (χ1n) is 1.84. The Morgan fingerprint density at radius 2 is 0.933 bits per heavy atom. The summed E-state index contributed by atoms with van der Waals surface area (Å²) in [4.78, 5) is 43.8. The van der Waals surface area contributed by atoms with Gasteiger partial charge in [-0.25, -0.2) is 9.59 Å². The Morgan fingerprint density at radius 3 is 0.933 bits per heavy atom. The van der Waals surface area contributed by atoms with Crippen LogP contribution in [0.15, 0.2) is 0 Å². The predicted molar refractivity (Wildman–Crippen MR) is 25.4 cm³/mol. The second-order valence-electron chi connectivity index (χ2n) is 1.06. The van der Waals surface area contributed by atoms with E-state index in [0.29, 0.717) is 0 Å². The van der Waals surface area contributed by atoms with Gasteiger partial charge in [0.25, 0.3) is 0 Å². The molecule has 0 amide bonds. The number of phosphoric acid groups is 1. The predicted octanol–water partition coefficient (Wildman–Crippen LogP) is -12.5. The van der Waals surface area contributed by atoms with E-state index >= 15 is 0 Å². The number of hydrogen-bond donors (Lipinski definition) is 2. The van der Waals surface area contributed by atoms with E-state index in [2.05, 4.69) is 0 Å². The van der Waals surface area contributed by atoms with Gasteiger partial charge in [-0.2, -0.15) is 7.82 Å². The Labute approximate surface area is 120 Å². The molecule has 74 valence electrons. The van der Waals surface area contributed by atoms with Crippen molar-refractivity contribution in [3.05, 3.63) is 0 Å². The second-order valence-corrected chi connectivity index (χ2v) is 1.95. The summed E-state index contributed by atoms with van der Waals surface area (Å²) in [6, 6.07) is 0. The molecule has 0 atom stereocenters. The third kappa shape index (κ3) is 106. The van der Waals surface area contributed by atoms with Gasteiger partial charge in [0.05, 0.1) is 0 Å². The summed E-state index contributed by atoms with van der Waals surface area (Å²) in [5, 5.41) is 14.8. The summed E-state index contributed by atoms with van der Waals surface area (Å²) in [5.74, 6) is -3.65. The van der Waals surface area contributed by atoms with Crippen LogP contribution in [0.5, 0.6) is 0 Å². The molecule has 15 heavy (non-hydrogen) atoms. The molecule has 0 spiro atoms. The molecular weight excluding hydrogens is 223 g/mol. The smallest absolute Gasteiger partial charge is 0.822 e. The Kier molecular flexibility index (Phi) is 41.3. The molecule has 0 unspecified atom stereocenters. The Morgan fingerprint density at radius 1 is 0.867 bits per heavy atom. The average Bonchev–Trinajstić information content (AvgIpc) is 1.59. The van der Waals surface area contributed by atoms with Crippen LogP contribution in [0, 0.1) is 0 Å². The van der Waals surface area contributed by atoms with Crippen molar-refractivity contribution in [1.29, 1.82) is 0 Å². The van der Waals surface area contributed by atoms with Crippen molar-refractivity contribution in [3.63, 3.8) is 0 Å². The van der Waals surface area contributed by atoms with Gasteiger partial charge in [-0.15, -0.1) is 0 Å². The zero-order valence-electron chi connectivity index (χ0n) is 8.20. The van der Waals surface area contributed by atoms with Crippen LogP contribution in [0.2, 0.25) is 0 Å². The number of hydrogen-bond acceptors (Lipinski definition) is 6. The number of rotatable bonds is 0. The van der Waals surface area contributed by atoms with Crippen molar-refractivity contribution in [3.8, 4) is 0 Å². The summed E-state index contributed by atoms with van der Waals surface area (Å²) in [7, 11) is -5.39. The van der Waals surface area contributed by atoms with E-state index in [4.69, 9.17) is 39.0 Å².